The molecular formula is C22H23N3O2. The standard InChI is InChI=1S/C22H23N3O2/c1-24-10-12-25(13-11-24)15-16-2-4-17(5-3-16)18-6-7-21-20(14-18)19(22(26)27)8-9-23-21/h2-9,14H,10-13,15H2,1H3,(H,26,27). The van der Waals surface area contributed by atoms with E-state index in [9.17, 15) is 9.90 Å². The first kappa shape index (κ1) is 17.6. The van der Waals surface area contributed by atoms with Gasteiger partial charge in [0.05, 0.1) is 11.1 Å². The Morgan fingerprint density at radius 2 is 1.70 bits per heavy atom. The van der Waals surface area contributed by atoms with Crippen LogP contribution in [0.4, 0.5) is 0 Å². The summed E-state index contributed by atoms with van der Waals surface area (Å²) in [7, 11) is 2.17. The van der Waals surface area contributed by atoms with Gasteiger partial charge in [0.25, 0.3) is 0 Å². The molecule has 5 nitrogen and oxygen atoms in total. The van der Waals surface area contributed by atoms with Gasteiger partial charge in [-0.15, -0.1) is 0 Å². The van der Waals surface area contributed by atoms with Crippen molar-refractivity contribution in [3.8, 4) is 11.1 Å². The van der Waals surface area contributed by atoms with Crippen LogP contribution in [0.15, 0.2) is 54.7 Å². The molecular weight excluding hydrogens is 338 g/mol. The van der Waals surface area contributed by atoms with Crippen molar-refractivity contribution in [3.63, 3.8) is 0 Å². The van der Waals surface area contributed by atoms with Gasteiger partial charge in [0.2, 0.25) is 0 Å². The fourth-order valence-electron chi connectivity index (χ4n) is 3.58. The van der Waals surface area contributed by atoms with Crippen LogP contribution in [0.5, 0.6) is 0 Å². The van der Waals surface area contributed by atoms with Gasteiger partial charge >= 0.3 is 5.97 Å². The molecule has 3 aromatic rings. The Morgan fingerprint density at radius 3 is 2.41 bits per heavy atom. The fraction of sp³-hybridized carbons (Fsp3) is 0.273. The van der Waals surface area contributed by atoms with Crippen LogP contribution in [0.25, 0.3) is 22.0 Å². The van der Waals surface area contributed by atoms with E-state index < -0.39 is 5.97 Å². The molecule has 1 saturated heterocycles. The van der Waals surface area contributed by atoms with Crippen LogP contribution in [-0.4, -0.2) is 59.1 Å². The van der Waals surface area contributed by atoms with E-state index in [1.54, 1.807) is 12.3 Å². The van der Waals surface area contributed by atoms with Gasteiger partial charge in [0.1, 0.15) is 0 Å². The van der Waals surface area contributed by atoms with Gasteiger partial charge < -0.3 is 10.0 Å². The molecule has 0 unspecified atom stereocenters. The highest BCUT2D eigenvalue weighted by Crippen LogP contribution is 2.26. The van der Waals surface area contributed by atoms with E-state index in [1.807, 2.05) is 18.2 Å². The van der Waals surface area contributed by atoms with Gasteiger partial charge in [-0.25, -0.2) is 4.79 Å². The van der Waals surface area contributed by atoms with Gasteiger partial charge in [0, 0.05) is 44.3 Å². The van der Waals surface area contributed by atoms with Crippen molar-refractivity contribution in [3.05, 3.63) is 65.9 Å². The lowest BCUT2D eigenvalue weighted by Crippen LogP contribution is -2.43. The van der Waals surface area contributed by atoms with Crippen molar-refractivity contribution < 1.29 is 9.90 Å². The minimum absolute atomic E-state index is 0.286. The number of nitrogens with zero attached hydrogens (tertiary/aromatic N) is 3. The maximum absolute atomic E-state index is 11.5. The Kier molecular flexibility index (Phi) is 4.88. The molecule has 1 fully saturated rings. The summed E-state index contributed by atoms with van der Waals surface area (Å²) in [5, 5.41) is 10.1. The van der Waals surface area contributed by atoms with Gasteiger partial charge in [-0.3, -0.25) is 9.88 Å². The largest absolute Gasteiger partial charge is 0.478 e. The second-order valence-electron chi connectivity index (χ2n) is 7.17. The summed E-state index contributed by atoms with van der Waals surface area (Å²) in [6.07, 6.45) is 1.54. The molecule has 0 spiro atoms. The van der Waals surface area contributed by atoms with Gasteiger partial charge in [-0.1, -0.05) is 30.3 Å². The molecule has 0 saturated carbocycles. The molecule has 1 aliphatic heterocycles. The summed E-state index contributed by atoms with van der Waals surface area (Å²) in [5.41, 5.74) is 4.37. The topological polar surface area (TPSA) is 56.7 Å². The first-order valence-electron chi connectivity index (χ1n) is 9.22. The SMILES string of the molecule is CN1CCN(Cc2ccc(-c3ccc4nccc(C(=O)O)c4c3)cc2)CC1. The monoisotopic (exact) mass is 361 g/mol. The average Bonchev–Trinajstić information content (AvgIpc) is 2.69. The zero-order valence-electron chi connectivity index (χ0n) is 15.4. The molecule has 138 valence electrons. The number of hydrogen-bond donors (Lipinski definition) is 1. The predicted molar refractivity (Wildman–Crippen MR) is 107 cm³/mol. The Labute approximate surface area is 158 Å². The molecule has 1 N–H and O–H groups in total. The lowest BCUT2D eigenvalue weighted by molar-refractivity contribution is 0.0699. The van der Waals surface area contributed by atoms with Crippen LogP contribution >= 0.6 is 0 Å². The lowest BCUT2D eigenvalue weighted by atomic mass is 10.00. The van der Waals surface area contributed by atoms with Crippen molar-refractivity contribution in [2.24, 2.45) is 0 Å². The highest BCUT2D eigenvalue weighted by Gasteiger charge is 2.14. The highest BCUT2D eigenvalue weighted by atomic mass is 16.4. The lowest BCUT2D eigenvalue weighted by Gasteiger charge is -2.32. The highest BCUT2D eigenvalue weighted by molar-refractivity contribution is 6.03. The van der Waals surface area contributed by atoms with Gasteiger partial charge in [0.15, 0.2) is 0 Å². The van der Waals surface area contributed by atoms with Crippen molar-refractivity contribution >= 4 is 16.9 Å². The average molecular weight is 361 g/mol. The number of piperazine rings is 1. The van der Waals surface area contributed by atoms with Crippen LogP contribution in [0, 0.1) is 0 Å². The number of hydrogen-bond acceptors (Lipinski definition) is 4. The Balaban J connectivity index is 1.56. The molecule has 0 aliphatic carbocycles. The number of fused-ring (bicyclic) bond motifs is 1. The summed E-state index contributed by atoms with van der Waals surface area (Å²) in [6.45, 7) is 5.42. The molecule has 27 heavy (non-hydrogen) atoms. The zero-order valence-corrected chi connectivity index (χ0v) is 15.4. The number of carbonyl (C=O) groups is 1. The van der Waals surface area contributed by atoms with Gasteiger partial charge in [-0.05, 0) is 41.9 Å². The molecule has 4 rings (SSSR count). The van der Waals surface area contributed by atoms with E-state index in [4.69, 9.17) is 0 Å². The molecule has 1 aromatic heterocycles. The Bertz CT molecular complexity index is 961. The molecule has 0 bridgehead atoms. The number of rotatable bonds is 4. The maximum Gasteiger partial charge on any atom is 0.336 e. The van der Waals surface area contributed by atoms with Crippen LogP contribution < -0.4 is 0 Å². The smallest absolute Gasteiger partial charge is 0.336 e. The molecule has 0 radical (unpaired) electrons. The molecule has 2 aromatic carbocycles. The second-order valence-corrected chi connectivity index (χ2v) is 7.17. The van der Waals surface area contributed by atoms with Crippen molar-refractivity contribution in [2.75, 3.05) is 33.2 Å². The quantitative estimate of drug-likeness (QED) is 0.772. The minimum atomic E-state index is -0.929. The van der Waals surface area contributed by atoms with Crippen LogP contribution in [0.2, 0.25) is 0 Å². The van der Waals surface area contributed by atoms with Crippen molar-refractivity contribution in [1.82, 2.24) is 14.8 Å². The van der Waals surface area contributed by atoms with Crippen molar-refractivity contribution in [1.29, 1.82) is 0 Å². The molecule has 5 heteroatoms. The summed E-state index contributed by atoms with van der Waals surface area (Å²) >= 11 is 0. The molecule has 2 heterocycles. The second kappa shape index (κ2) is 7.47. The summed E-state index contributed by atoms with van der Waals surface area (Å²) in [4.78, 5) is 20.6. The first-order valence-corrected chi connectivity index (χ1v) is 9.22. The molecule has 0 amide bonds. The zero-order chi connectivity index (χ0) is 18.8. The Morgan fingerprint density at radius 1 is 1.00 bits per heavy atom. The van der Waals surface area contributed by atoms with E-state index in [0.29, 0.717) is 10.9 Å². The van der Waals surface area contributed by atoms with Crippen LogP contribution in [-0.2, 0) is 6.54 Å². The van der Waals surface area contributed by atoms with E-state index >= 15 is 0 Å². The number of pyridine rings is 1. The first-order chi connectivity index (χ1) is 13.1. The molecule has 1 aliphatic rings. The number of likely N-dealkylation sites (N-methyl/N-ethyl adjacent to an activating group) is 1. The van der Waals surface area contributed by atoms with E-state index in [0.717, 1.165) is 43.9 Å². The third-order valence-corrected chi connectivity index (χ3v) is 5.26. The van der Waals surface area contributed by atoms with Gasteiger partial charge in [-0.2, -0.15) is 0 Å². The minimum Gasteiger partial charge on any atom is -0.478 e. The maximum atomic E-state index is 11.5. The van der Waals surface area contributed by atoms with E-state index in [-0.39, 0.29) is 5.56 Å². The Hall–Kier alpha value is -2.76. The van der Waals surface area contributed by atoms with E-state index in [2.05, 4.69) is 46.1 Å². The van der Waals surface area contributed by atoms with Crippen LogP contribution in [0.3, 0.4) is 0 Å². The normalized spacial score (nSPS) is 15.9. The summed E-state index contributed by atoms with van der Waals surface area (Å²) in [5.74, 6) is -0.929. The number of aromatic carboxylic acids is 1. The fourth-order valence-corrected chi connectivity index (χ4v) is 3.58. The number of carboxylic acids is 1. The number of benzene rings is 2. The predicted octanol–water partition coefficient (Wildman–Crippen LogP) is 3.35. The van der Waals surface area contributed by atoms with Crippen molar-refractivity contribution in [2.45, 2.75) is 6.54 Å². The molecule has 0 atom stereocenters. The number of carboxylic acid groups (broad SMARTS) is 1. The van der Waals surface area contributed by atoms with Crippen LogP contribution in [0.1, 0.15) is 15.9 Å². The third kappa shape index (κ3) is 3.84. The number of aromatic nitrogens is 1. The summed E-state index contributed by atoms with van der Waals surface area (Å²) < 4.78 is 0. The third-order valence-electron chi connectivity index (χ3n) is 5.26. The van der Waals surface area contributed by atoms with E-state index in [1.165, 1.54) is 5.56 Å². The summed E-state index contributed by atoms with van der Waals surface area (Å²) in [6, 6.07) is 15.9.